The van der Waals surface area contributed by atoms with Gasteiger partial charge in [0, 0.05) is 4.90 Å². The van der Waals surface area contributed by atoms with Crippen LogP contribution in [0.1, 0.15) is 58.4 Å². The van der Waals surface area contributed by atoms with Crippen LogP contribution in [0.3, 0.4) is 0 Å². The zero-order chi connectivity index (χ0) is 15.9. The quantitative estimate of drug-likeness (QED) is 0.555. The lowest BCUT2D eigenvalue weighted by Gasteiger charge is -2.18. The summed E-state index contributed by atoms with van der Waals surface area (Å²) in [6, 6.07) is 8.29. The van der Waals surface area contributed by atoms with Gasteiger partial charge in [0.2, 0.25) is 0 Å². The minimum atomic E-state index is -2.94. The Morgan fingerprint density at radius 3 is 2.00 bits per heavy atom. The van der Waals surface area contributed by atoms with Crippen molar-refractivity contribution in [1.82, 2.24) is 0 Å². The molecule has 0 unspecified atom stereocenters. The fourth-order valence-corrected chi connectivity index (χ4v) is 3.47. The van der Waals surface area contributed by atoms with Gasteiger partial charge in [0.15, 0.2) is 9.84 Å². The van der Waals surface area contributed by atoms with Crippen LogP contribution in [0.25, 0.3) is 0 Å². The number of unbranched alkanes of at least 4 members (excludes halogenated alkanes) is 4. The van der Waals surface area contributed by atoms with Gasteiger partial charge in [0.05, 0.1) is 10.5 Å². The lowest BCUT2D eigenvalue weighted by Crippen LogP contribution is -2.30. The molecule has 21 heavy (non-hydrogen) atoms. The maximum absolute atomic E-state index is 11.9. The molecular formula is C17H28O2S2. The Hall–Kier alpha value is -0.480. The van der Waals surface area contributed by atoms with Crippen LogP contribution in [0.4, 0.5) is 0 Å². The van der Waals surface area contributed by atoms with E-state index < -0.39 is 14.6 Å². The highest BCUT2D eigenvalue weighted by Gasteiger charge is 2.27. The van der Waals surface area contributed by atoms with Crippen molar-refractivity contribution in [2.45, 2.75) is 68.9 Å². The van der Waals surface area contributed by atoms with Gasteiger partial charge in [-0.15, -0.1) is 12.6 Å². The fraction of sp³-hybridized carbons (Fsp3) is 0.647. The molecule has 0 fully saturated rings. The van der Waals surface area contributed by atoms with Gasteiger partial charge < -0.3 is 0 Å². The van der Waals surface area contributed by atoms with Gasteiger partial charge in [-0.3, -0.25) is 0 Å². The Balaban J connectivity index is 2.12. The molecule has 1 aromatic rings. The number of aryl methyl sites for hydroxylation is 1. The standard InChI is InChI=1S/C17H28O2S2/c1-17(2,3)21(18,19)14-8-6-4-5-7-9-15-10-12-16(20)13-11-15/h10-13,20H,4-9,14H2,1-3H3. The monoisotopic (exact) mass is 328 g/mol. The number of thiol groups is 1. The Kier molecular flexibility index (Phi) is 7.28. The van der Waals surface area contributed by atoms with Crippen molar-refractivity contribution in [2.24, 2.45) is 0 Å². The van der Waals surface area contributed by atoms with Crippen molar-refractivity contribution in [3.05, 3.63) is 29.8 Å². The molecule has 0 aliphatic rings. The smallest absolute Gasteiger partial charge is 0.155 e. The third-order valence-corrected chi connectivity index (χ3v) is 6.74. The Morgan fingerprint density at radius 1 is 0.905 bits per heavy atom. The lowest BCUT2D eigenvalue weighted by molar-refractivity contribution is 0.552. The van der Waals surface area contributed by atoms with Crippen molar-refractivity contribution in [1.29, 1.82) is 0 Å². The van der Waals surface area contributed by atoms with Crippen LogP contribution in [-0.4, -0.2) is 18.9 Å². The molecule has 0 amide bonds. The van der Waals surface area contributed by atoms with Crippen LogP contribution in [-0.2, 0) is 16.3 Å². The summed E-state index contributed by atoms with van der Waals surface area (Å²) in [7, 11) is -2.94. The van der Waals surface area contributed by atoms with Crippen LogP contribution in [0.5, 0.6) is 0 Å². The molecule has 0 aliphatic carbocycles. The molecule has 0 radical (unpaired) electrons. The molecule has 0 saturated carbocycles. The summed E-state index contributed by atoms with van der Waals surface area (Å²) in [6.45, 7) is 5.33. The zero-order valence-electron chi connectivity index (χ0n) is 13.4. The van der Waals surface area contributed by atoms with Gasteiger partial charge in [-0.05, 0) is 57.7 Å². The first-order valence-electron chi connectivity index (χ1n) is 7.72. The average Bonchev–Trinajstić information content (AvgIpc) is 2.38. The van der Waals surface area contributed by atoms with Crippen LogP contribution < -0.4 is 0 Å². The predicted molar refractivity (Wildman–Crippen MR) is 94.0 cm³/mol. The Bertz CT molecular complexity index is 511. The van der Waals surface area contributed by atoms with Crippen LogP contribution in [0, 0.1) is 0 Å². The molecule has 0 N–H and O–H groups in total. The largest absolute Gasteiger partial charge is 0.228 e. The normalized spacial score (nSPS) is 12.6. The SMILES string of the molecule is CC(C)(C)S(=O)(=O)CCCCCCCc1ccc(S)cc1. The second-order valence-corrected chi connectivity index (χ2v) is 9.99. The molecule has 0 heterocycles. The maximum Gasteiger partial charge on any atom is 0.155 e. The van der Waals surface area contributed by atoms with Gasteiger partial charge in [0.1, 0.15) is 0 Å². The van der Waals surface area contributed by atoms with Crippen molar-refractivity contribution in [3.63, 3.8) is 0 Å². The van der Waals surface area contributed by atoms with Crippen LogP contribution >= 0.6 is 12.6 Å². The fourth-order valence-electron chi connectivity index (χ4n) is 2.12. The van der Waals surface area contributed by atoms with Crippen molar-refractivity contribution < 1.29 is 8.42 Å². The summed E-state index contributed by atoms with van der Waals surface area (Å²) in [5.41, 5.74) is 1.35. The zero-order valence-corrected chi connectivity index (χ0v) is 15.1. The Labute approximate surface area is 135 Å². The van der Waals surface area contributed by atoms with E-state index in [1.807, 2.05) is 12.1 Å². The first-order valence-corrected chi connectivity index (χ1v) is 9.82. The maximum atomic E-state index is 11.9. The number of hydrogen-bond acceptors (Lipinski definition) is 3. The minimum absolute atomic E-state index is 0.319. The number of benzene rings is 1. The molecule has 0 saturated heterocycles. The molecule has 1 rings (SSSR count). The molecule has 1 aromatic carbocycles. The molecule has 0 atom stereocenters. The van der Waals surface area contributed by atoms with E-state index in [2.05, 4.69) is 24.8 Å². The van der Waals surface area contributed by atoms with Crippen molar-refractivity contribution in [3.8, 4) is 0 Å². The highest BCUT2D eigenvalue weighted by molar-refractivity contribution is 7.92. The molecular weight excluding hydrogens is 300 g/mol. The second-order valence-electron chi connectivity index (χ2n) is 6.62. The molecule has 4 heteroatoms. The molecule has 0 aromatic heterocycles. The van der Waals surface area contributed by atoms with E-state index in [1.54, 1.807) is 20.8 Å². The first kappa shape index (κ1) is 18.6. The topological polar surface area (TPSA) is 34.1 Å². The van der Waals surface area contributed by atoms with Crippen molar-refractivity contribution in [2.75, 3.05) is 5.75 Å². The van der Waals surface area contributed by atoms with Gasteiger partial charge in [-0.25, -0.2) is 8.42 Å². The van der Waals surface area contributed by atoms with E-state index in [4.69, 9.17) is 0 Å². The summed E-state index contributed by atoms with van der Waals surface area (Å²) >= 11 is 4.27. The second kappa shape index (κ2) is 8.23. The number of hydrogen-bond donors (Lipinski definition) is 1. The van der Waals surface area contributed by atoms with E-state index in [-0.39, 0.29) is 0 Å². The first-order chi connectivity index (χ1) is 9.72. The molecule has 120 valence electrons. The summed E-state index contributed by atoms with van der Waals surface area (Å²) in [6.07, 6.45) is 6.33. The predicted octanol–water partition coefficient (Wildman–Crippen LogP) is 4.68. The van der Waals surface area contributed by atoms with Crippen LogP contribution in [0.15, 0.2) is 29.2 Å². The number of rotatable bonds is 8. The lowest BCUT2D eigenvalue weighted by atomic mass is 10.1. The molecule has 0 spiro atoms. The van der Waals surface area contributed by atoms with Gasteiger partial charge in [0.25, 0.3) is 0 Å². The summed E-state index contributed by atoms with van der Waals surface area (Å²) in [5.74, 6) is 0.319. The molecule has 0 aliphatic heterocycles. The average molecular weight is 329 g/mol. The minimum Gasteiger partial charge on any atom is -0.228 e. The van der Waals surface area contributed by atoms with E-state index in [0.29, 0.717) is 5.75 Å². The molecule has 2 nitrogen and oxygen atoms in total. The third kappa shape index (κ3) is 6.88. The van der Waals surface area contributed by atoms with Crippen molar-refractivity contribution >= 4 is 22.5 Å². The van der Waals surface area contributed by atoms with Gasteiger partial charge in [-0.2, -0.15) is 0 Å². The summed E-state index contributed by atoms with van der Waals surface area (Å²) in [4.78, 5) is 0.999. The van der Waals surface area contributed by atoms with Gasteiger partial charge in [-0.1, -0.05) is 31.4 Å². The summed E-state index contributed by atoms with van der Waals surface area (Å²) < 4.78 is 23.3. The third-order valence-electron chi connectivity index (χ3n) is 3.75. The molecule has 0 bridgehead atoms. The highest BCUT2D eigenvalue weighted by atomic mass is 32.2. The van der Waals surface area contributed by atoms with E-state index >= 15 is 0 Å². The summed E-state index contributed by atoms with van der Waals surface area (Å²) in [5, 5.41) is 0. The van der Waals surface area contributed by atoms with E-state index in [0.717, 1.165) is 43.4 Å². The van der Waals surface area contributed by atoms with Gasteiger partial charge >= 0.3 is 0 Å². The van der Waals surface area contributed by atoms with E-state index in [9.17, 15) is 8.42 Å². The number of sulfone groups is 1. The van der Waals surface area contributed by atoms with E-state index in [1.165, 1.54) is 5.56 Å². The van der Waals surface area contributed by atoms with Crippen LogP contribution in [0.2, 0.25) is 0 Å². The highest BCUT2D eigenvalue weighted by Crippen LogP contribution is 2.18. The Morgan fingerprint density at radius 2 is 1.43 bits per heavy atom.